The van der Waals surface area contributed by atoms with E-state index >= 15 is 0 Å². The summed E-state index contributed by atoms with van der Waals surface area (Å²) in [6.45, 7) is 9.71. The fourth-order valence-electron chi connectivity index (χ4n) is 4.61. The van der Waals surface area contributed by atoms with E-state index in [1.165, 1.54) is 11.3 Å². The number of hydrogen-bond donors (Lipinski definition) is 1. The van der Waals surface area contributed by atoms with Crippen LogP contribution >= 0.6 is 11.3 Å². The van der Waals surface area contributed by atoms with Gasteiger partial charge in [0, 0.05) is 31.0 Å². The monoisotopic (exact) mass is 464 g/mol. The van der Waals surface area contributed by atoms with Crippen LogP contribution in [0.25, 0.3) is 0 Å². The fourth-order valence-corrected chi connectivity index (χ4v) is 5.66. The second-order valence-electron chi connectivity index (χ2n) is 10.2. The molecule has 7 nitrogen and oxygen atoms in total. The third kappa shape index (κ3) is 5.17. The molecule has 0 spiro atoms. The molecule has 2 fully saturated rings. The number of hydrogen-bond acceptors (Lipinski definition) is 5. The van der Waals surface area contributed by atoms with Crippen molar-refractivity contribution in [1.29, 1.82) is 0 Å². The van der Waals surface area contributed by atoms with Gasteiger partial charge in [0.1, 0.15) is 10.9 Å². The first-order valence-electron chi connectivity index (χ1n) is 11.5. The number of thiophene rings is 1. The standard InChI is InChI=1S/C24H36N2O5S/c1-15-6-8-16(9-7-15)21(27)26(17-10-11-25(22(17)28)12-13-31-5)18-14-19(24(2,3)4)32-20(18)23(29)30/h14-17H,6-13H2,1-5H3,(H,29,30)/t15?,16?,17-/m0/s1. The van der Waals surface area contributed by atoms with E-state index in [2.05, 4.69) is 6.92 Å². The number of carbonyl (C=O) groups excluding carboxylic acids is 2. The van der Waals surface area contributed by atoms with Gasteiger partial charge in [-0.3, -0.25) is 14.5 Å². The lowest BCUT2D eigenvalue weighted by Crippen LogP contribution is -2.49. The highest BCUT2D eigenvalue weighted by molar-refractivity contribution is 7.14. The molecule has 1 N–H and O–H groups in total. The maximum atomic E-state index is 13.8. The number of carboxylic acid groups (broad SMARTS) is 1. The van der Waals surface area contributed by atoms with Gasteiger partial charge >= 0.3 is 5.97 Å². The van der Waals surface area contributed by atoms with Gasteiger partial charge in [-0.2, -0.15) is 0 Å². The van der Waals surface area contributed by atoms with Gasteiger partial charge in [0.05, 0.1) is 12.3 Å². The summed E-state index contributed by atoms with van der Waals surface area (Å²) in [5.74, 6) is -0.874. The lowest BCUT2D eigenvalue weighted by atomic mass is 9.82. The summed E-state index contributed by atoms with van der Waals surface area (Å²) < 4.78 is 5.13. The van der Waals surface area contributed by atoms with Crippen LogP contribution in [0, 0.1) is 11.8 Å². The fraction of sp³-hybridized carbons (Fsp3) is 0.708. The Kier molecular flexibility index (Phi) is 7.65. The summed E-state index contributed by atoms with van der Waals surface area (Å²) in [6.07, 6.45) is 4.01. The lowest BCUT2D eigenvalue weighted by Gasteiger charge is -2.34. The smallest absolute Gasteiger partial charge is 0.348 e. The first kappa shape index (κ1) is 24.7. The molecule has 1 aromatic rings. The first-order valence-corrected chi connectivity index (χ1v) is 12.3. The van der Waals surface area contributed by atoms with Crippen molar-refractivity contribution in [2.24, 2.45) is 11.8 Å². The highest BCUT2D eigenvalue weighted by Crippen LogP contribution is 2.41. The average Bonchev–Trinajstić information content (AvgIpc) is 3.32. The van der Waals surface area contributed by atoms with Gasteiger partial charge in [-0.25, -0.2) is 4.79 Å². The maximum absolute atomic E-state index is 13.8. The molecule has 1 aliphatic carbocycles. The Morgan fingerprint density at radius 1 is 1.22 bits per heavy atom. The molecule has 2 aliphatic rings. The van der Waals surface area contributed by atoms with Crippen molar-refractivity contribution >= 4 is 34.8 Å². The number of carbonyl (C=O) groups is 3. The van der Waals surface area contributed by atoms with Crippen molar-refractivity contribution in [1.82, 2.24) is 4.90 Å². The number of anilines is 1. The quantitative estimate of drug-likeness (QED) is 0.655. The van der Waals surface area contributed by atoms with Crippen molar-refractivity contribution in [2.75, 3.05) is 31.7 Å². The number of aromatic carboxylic acids is 1. The number of methoxy groups -OCH3 is 1. The third-order valence-corrected chi connectivity index (χ3v) is 8.19. The Morgan fingerprint density at radius 2 is 1.88 bits per heavy atom. The SMILES string of the molecule is COCCN1CC[C@H](N(C(=O)C2CCC(C)CC2)c2cc(C(C)(C)C)sc2C(=O)O)C1=O. The molecule has 2 amide bonds. The molecule has 1 aliphatic heterocycles. The maximum Gasteiger partial charge on any atom is 0.348 e. The second kappa shape index (κ2) is 9.91. The van der Waals surface area contributed by atoms with E-state index in [1.807, 2.05) is 26.8 Å². The molecule has 1 atom stereocenters. The summed E-state index contributed by atoms with van der Waals surface area (Å²) >= 11 is 1.20. The van der Waals surface area contributed by atoms with Gasteiger partial charge in [0.25, 0.3) is 0 Å². The van der Waals surface area contributed by atoms with Gasteiger partial charge in [-0.05, 0) is 49.5 Å². The summed E-state index contributed by atoms with van der Waals surface area (Å²) in [5.41, 5.74) is 0.120. The lowest BCUT2D eigenvalue weighted by molar-refractivity contribution is -0.132. The van der Waals surface area contributed by atoms with E-state index in [0.717, 1.165) is 30.6 Å². The van der Waals surface area contributed by atoms with Crippen molar-refractivity contribution in [2.45, 2.75) is 71.3 Å². The topological polar surface area (TPSA) is 87.2 Å². The molecule has 0 radical (unpaired) electrons. The number of amides is 2. The minimum absolute atomic E-state index is 0.107. The first-order chi connectivity index (χ1) is 15.0. The van der Waals surface area contributed by atoms with Crippen LogP contribution in [0.5, 0.6) is 0 Å². The Labute approximate surface area is 194 Å². The predicted molar refractivity (Wildman–Crippen MR) is 125 cm³/mol. The molecule has 0 unspecified atom stereocenters. The summed E-state index contributed by atoms with van der Waals surface area (Å²) in [6, 6.07) is 1.15. The van der Waals surface area contributed by atoms with Crippen LogP contribution in [0.15, 0.2) is 6.07 Å². The van der Waals surface area contributed by atoms with E-state index in [4.69, 9.17) is 4.74 Å². The zero-order valence-corrected chi connectivity index (χ0v) is 20.7. The van der Waals surface area contributed by atoms with Gasteiger partial charge in [-0.1, -0.05) is 27.7 Å². The van der Waals surface area contributed by atoms with Gasteiger partial charge in [0.15, 0.2) is 0 Å². The molecule has 32 heavy (non-hydrogen) atoms. The molecule has 178 valence electrons. The second-order valence-corrected chi connectivity index (χ2v) is 11.2. The van der Waals surface area contributed by atoms with Crippen LogP contribution in [-0.2, 0) is 19.7 Å². The van der Waals surface area contributed by atoms with Crippen LogP contribution in [0.1, 0.15) is 74.3 Å². The molecule has 1 saturated carbocycles. The number of carboxylic acids is 1. The van der Waals surface area contributed by atoms with Gasteiger partial charge in [-0.15, -0.1) is 11.3 Å². The summed E-state index contributed by atoms with van der Waals surface area (Å²) in [5, 5.41) is 9.96. The summed E-state index contributed by atoms with van der Waals surface area (Å²) in [7, 11) is 1.59. The summed E-state index contributed by atoms with van der Waals surface area (Å²) in [4.78, 5) is 43.6. The Morgan fingerprint density at radius 3 is 2.44 bits per heavy atom. The van der Waals surface area contributed by atoms with Crippen LogP contribution in [-0.4, -0.2) is 60.6 Å². The molecule has 2 heterocycles. The van der Waals surface area contributed by atoms with Gasteiger partial charge in [0.2, 0.25) is 11.8 Å². The average molecular weight is 465 g/mol. The van der Waals surface area contributed by atoms with Crippen molar-refractivity contribution in [3.8, 4) is 0 Å². The van der Waals surface area contributed by atoms with Crippen LogP contribution in [0.4, 0.5) is 5.69 Å². The number of nitrogens with zero attached hydrogens (tertiary/aromatic N) is 2. The van der Waals surface area contributed by atoms with Crippen molar-refractivity contribution in [3.05, 3.63) is 15.8 Å². The number of likely N-dealkylation sites (tertiary alicyclic amines) is 1. The van der Waals surface area contributed by atoms with Crippen molar-refractivity contribution < 1.29 is 24.2 Å². The highest BCUT2D eigenvalue weighted by atomic mass is 32.1. The zero-order valence-electron chi connectivity index (χ0n) is 19.8. The molecule has 0 aromatic carbocycles. The molecule has 3 rings (SSSR count). The normalized spacial score (nSPS) is 24.1. The van der Waals surface area contributed by atoms with Crippen LogP contribution in [0.2, 0.25) is 0 Å². The van der Waals surface area contributed by atoms with E-state index in [0.29, 0.717) is 37.7 Å². The molecular weight excluding hydrogens is 428 g/mol. The predicted octanol–water partition coefficient (Wildman–Crippen LogP) is 4.15. The zero-order chi connectivity index (χ0) is 23.6. The van der Waals surface area contributed by atoms with Gasteiger partial charge < -0.3 is 14.7 Å². The Balaban J connectivity index is 2.02. The number of rotatable bonds is 7. The molecule has 1 aromatic heterocycles. The molecule has 1 saturated heterocycles. The Bertz CT molecular complexity index is 851. The van der Waals surface area contributed by atoms with Crippen LogP contribution in [0.3, 0.4) is 0 Å². The van der Waals surface area contributed by atoms with E-state index in [-0.39, 0.29) is 28.0 Å². The molecule has 0 bridgehead atoms. The molecular formula is C24H36N2O5S. The minimum Gasteiger partial charge on any atom is -0.477 e. The molecule has 8 heteroatoms. The van der Waals surface area contributed by atoms with Crippen molar-refractivity contribution in [3.63, 3.8) is 0 Å². The third-order valence-electron chi connectivity index (χ3n) is 6.65. The van der Waals surface area contributed by atoms with E-state index in [1.54, 1.807) is 16.9 Å². The minimum atomic E-state index is -1.06. The number of ether oxygens (including phenoxy) is 1. The largest absolute Gasteiger partial charge is 0.477 e. The highest BCUT2D eigenvalue weighted by Gasteiger charge is 2.43. The van der Waals surface area contributed by atoms with Crippen LogP contribution < -0.4 is 4.90 Å². The van der Waals surface area contributed by atoms with E-state index in [9.17, 15) is 19.5 Å². The van der Waals surface area contributed by atoms with E-state index < -0.39 is 12.0 Å². The Hall–Kier alpha value is -1.93.